The van der Waals surface area contributed by atoms with Crippen LogP contribution in [0.4, 0.5) is 5.69 Å². The van der Waals surface area contributed by atoms with Crippen LogP contribution in [0.1, 0.15) is 23.0 Å². The summed E-state index contributed by atoms with van der Waals surface area (Å²) in [6, 6.07) is 19.1. The van der Waals surface area contributed by atoms with Crippen LogP contribution in [0.15, 0.2) is 75.1 Å². The molecule has 0 aliphatic rings. The van der Waals surface area contributed by atoms with Crippen molar-refractivity contribution in [1.29, 1.82) is 5.26 Å². The number of carbonyl (C=O) groups excluding carboxylic acids is 2. The van der Waals surface area contributed by atoms with Gasteiger partial charge in [-0.15, -0.1) is 0 Å². The average Bonchev–Trinajstić information content (AvgIpc) is 3.21. The molecular formula is C23H17BrN2O4. The Morgan fingerprint density at radius 3 is 2.53 bits per heavy atom. The maximum atomic E-state index is 12.5. The highest BCUT2D eigenvalue weighted by Gasteiger charge is 2.13. The summed E-state index contributed by atoms with van der Waals surface area (Å²) in [7, 11) is 0. The van der Waals surface area contributed by atoms with Crippen molar-refractivity contribution in [2.45, 2.75) is 6.92 Å². The maximum Gasteiger partial charge on any atom is 0.338 e. The van der Waals surface area contributed by atoms with Crippen LogP contribution in [-0.2, 0) is 9.53 Å². The van der Waals surface area contributed by atoms with Gasteiger partial charge in [-0.1, -0.05) is 34.1 Å². The van der Waals surface area contributed by atoms with Crippen LogP contribution in [0, 0.1) is 11.3 Å². The minimum absolute atomic E-state index is 0.113. The fourth-order valence-corrected chi connectivity index (χ4v) is 3.11. The van der Waals surface area contributed by atoms with Crippen LogP contribution >= 0.6 is 15.9 Å². The summed E-state index contributed by atoms with van der Waals surface area (Å²) in [5.41, 5.74) is 1.57. The second-order valence-electron chi connectivity index (χ2n) is 6.10. The molecule has 0 radical (unpaired) electrons. The zero-order valence-corrected chi connectivity index (χ0v) is 17.6. The van der Waals surface area contributed by atoms with Gasteiger partial charge in [-0.25, -0.2) is 4.79 Å². The number of ether oxygens (including phenoxy) is 1. The third-order valence-electron chi connectivity index (χ3n) is 4.07. The molecule has 0 aliphatic heterocycles. The van der Waals surface area contributed by atoms with Gasteiger partial charge in [0, 0.05) is 21.8 Å². The topological polar surface area (TPSA) is 92.3 Å². The number of rotatable bonds is 6. The highest BCUT2D eigenvalue weighted by molar-refractivity contribution is 9.10. The van der Waals surface area contributed by atoms with Crippen molar-refractivity contribution in [3.8, 4) is 17.4 Å². The predicted molar refractivity (Wildman–Crippen MR) is 116 cm³/mol. The average molecular weight is 465 g/mol. The van der Waals surface area contributed by atoms with Gasteiger partial charge in [-0.2, -0.15) is 5.26 Å². The molecule has 0 saturated heterocycles. The summed E-state index contributed by atoms with van der Waals surface area (Å²) in [5, 5.41) is 12.0. The molecule has 0 bridgehead atoms. The summed E-state index contributed by atoms with van der Waals surface area (Å²) < 4.78 is 11.6. The molecule has 150 valence electrons. The van der Waals surface area contributed by atoms with Crippen LogP contribution < -0.4 is 5.32 Å². The molecular weight excluding hydrogens is 448 g/mol. The molecule has 1 amide bonds. The second-order valence-corrected chi connectivity index (χ2v) is 6.96. The van der Waals surface area contributed by atoms with Gasteiger partial charge in [0.2, 0.25) is 0 Å². The van der Waals surface area contributed by atoms with E-state index in [4.69, 9.17) is 9.15 Å². The molecule has 1 aromatic heterocycles. The van der Waals surface area contributed by atoms with E-state index in [0.29, 0.717) is 22.8 Å². The minimum Gasteiger partial charge on any atom is -0.462 e. The number of anilines is 1. The lowest BCUT2D eigenvalue weighted by molar-refractivity contribution is -0.112. The molecule has 1 N–H and O–H groups in total. The maximum absolute atomic E-state index is 12.5. The summed E-state index contributed by atoms with van der Waals surface area (Å²) in [6.07, 6.45) is 1.38. The quantitative estimate of drug-likeness (QED) is 0.298. The number of furan rings is 1. The lowest BCUT2D eigenvalue weighted by atomic mass is 10.2. The lowest BCUT2D eigenvalue weighted by Gasteiger charge is -2.06. The van der Waals surface area contributed by atoms with Gasteiger partial charge < -0.3 is 14.5 Å². The van der Waals surface area contributed by atoms with Crippen LogP contribution in [0.2, 0.25) is 0 Å². The predicted octanol–water partition coefficient (Wildman–Crippen LogP) is 5.43. The zero-order valence-electron chi connectivity index (χ0n) is 16.0. The van der Waals surface area contributed by atoms with Crippen molar-refractivity contribution in [3.63, 3.8) is 0 Å². The van der Waals surface area contributed by atoms with Crippen LogP contribution in [0.3, 0.4) is 0 Å². The molecule has 0 atom stereocenters. The standard InChI is InChI=1S/C23H17BrN2O4/c1-2-29-23(28)15-7-9-17(10-8-15)26-22(27)16(14-25)13-18-11-12-21(30-18)19-5-3-4-6-20(19)24/h3-13H,2H2,1H3,(H,26,27)/b16-13-. The number of hydrogen-bond acceptors (Lipinski definition) is 5. The second kappa shape index (κ2) is 9.72. The number of amides is 1. The molecule has 0 fully saturated rings. The van der Waals surface area contributed by atoms with Crippen molar-refractivity contribution >= 4 is 39.6 Å². The number of nitriles is 1. The Bertz CT molecular complexity index is 1140. The molecule has 0 unspecified atom stereocenters. The fraction of sp³-hybridized carbons (Fsp3) is 0.0870. The van der Waals surface area contributed by atoms with E-state index in [1.807, 2.05) is 30.3 Å². The number of nitrogens with zero attached hydrogens (tertiary/aromatic N) is 1. The molecule has 0 spiro atoms. The minimum atomic E-state index is -0.583. The normalized spacial score (nSPS) is 10.9. The fourth-order valence-electron chi connectivity index (χ4n) is 2.63. The van der Waals surface area contributed by atoms with Gasteiger partial charge in [0.1, 0.15) is 23.2 Å². The first kappa shape index (κ1) is 21.1. The summed E-state index contributed by atoms with van der Waals surface area (Å²) in [6.45, 7) is 2.01. The highest BCUT2D eigenvalue weighted by atomic mass is 79.9. The van der Waals surface area contributed by atoms with Crippen LogP contribution in [-0.4, -0.2) is 18.5 Å². The third-order valence-corrected chi connectivity index (χ3v) is 4.76. The molecule has 30 heavy (non-hydrogen) atoms. The largest absolute Gasteiger partial charge is 0.462 e. The zero-order chi connectivity index (χ0) is 21.5. The Hall–Kier alpha value is -3.63. The molecule has 0 aliphatic carbocycles. The van der Waals surface area contributed by atoms with E-state index < -0.39 is 11.9 Å². The van der Waals surface area contributed by atoms with Crippen molar-refractivity contribution in [2.75, 3.05) is 11.9 Å². The van der Waals surface area contributed by atoms with Gasteiger partial charge in [0.05, 0.1) is 12.2 Å². The molecule has 3 rings (SSSR count). The Labute approximate surface area is 181 Å². The Balaban J connectivity index is 1.74. The monoisotopic (exact) mass is 464 g/mol. The molecule has 1 heterocycles. The van der Waals surface area contributed by atoms with Gasteiger partial charge in [-0.3, -0.25) is 4.79 Å². The third kappa shape index (κ3) is 5.04. The first-order valence-electron chi connectivity index (χ1n) is 9.07. The smallest absolute Gasteiger partial charge is 0.338 e. The Morgan fingerprint density at radius 2 is 1.87 bits per heavy atom. The van der Waals surface area contributed by atoms with Gasteiger partial charge >= 0.3 is 5.97 Å². The van der Waals surface area contributed by atoms with E-state index in [-0.39, 0.29) is 12.2 Å². The summed E-state index contributed by atoms with van der Waals surface area (Å²) in [5.74, 6) is -0.0296. The summed E-state index contributed by atoms with van der Waals surface area (Å²) in [4.78, 5) is 24.1. The van der Waals surface area contributed by atoms with E-state index in [9.17, 15) is 14.9 Å². The van der Waals surface area contributed by atoms with Gasteiger partial charge in [0.15, 0.2) is 0 Å². The number of esters is 1. The molecule has 0 saturated carbocycles. The van der Waals surface area contributed by atoms with Gasteiger partial charge in [-0.05, 0) is 49.4 Å². The van der Waals surface area contributed by atoms with Gasteiger partial charge in [0.25, 0.3) is 5.91 Å². The van der Waals surface area contributed by atoms with Crippen molar-refractivity contribution in [3.05, 3.63) is 82.0 Å². The number of nitrogens with one attached hydrogen (secondary N) is 1. The van der Waals surface area contributed by atoms with Crippen molar-refractivity contribution < 1.29 is 18.7 Å². The number of halogens is 1. The van der Waals surface area contributed by atoms with E-state index in [0.717, 1.165) is 10.0 Å². The van der Waals surface area contributed by atoms with Crippen molar-refractivity contribution in [1.82, 2.24) is 0 Å². The molecule has 3 aromatic rings. The molecule has 7 heteroatoms. The van der Waals surface area contributed by atoms with E-state index in [2.05, 4.69) is 21.2 Å². The summed E-state index contributed by atoms with van der Waals surface area (Å²) >= 11 is 3.47. The molecule has 2 aromatic carbocycles. The van der Waals surface area contributed by atoms with E-state index in [1.165, 1.54) is 6.08 Å². The Kier molecular flexibility index (Phi) is 6.83. The first-order valence-corrected chi connectivity index (χ1v) is 9.86. The Morgan fingerprint density at radius 1 is 1.13 bits per heavy atom. The number of hydrogen-bond donors (Lipinski definition) is 1. The SMILES string of the molecule is CCOC(=O)c1ccc(NC(=O)/C(C#N)=C\c2ccc(-c3ccccc3Br)o2)cc1. The van der Waals surface area contributed by atoms with Crippen molar-refractivity contribution in [2.24, 2.45) is 0 Å². The van der Waals surface area contributed by atoms with Crippen LogP contribution in [0.25, 0.3) is 17.4 Å². The van der Waals surface area contributed by atoms with E-state index >= 15 is 0 Å². The highest BCUT2D eigenvalue weighted by Crippen LogP contribution is 2.30. The number of benzene rings is 2. The lowest BCUT2D eigenvalue weighted by Crippen LogP contribution is -2.13. The van der Waals surface area contributed by atoms with E-state index in [1.54, 1.807) is 43.3 Å². The van der Waals surface area contributed by atoms with Crippen LogP contribution in [0.5, 0.6) is 0 Å². The molecule has 6 nitrogen and oxygen atoms in total. The number of carbonyl (C=O) groups is 2. The first-order chi connectivity index (χ1) is 14.5.